The van der Waals surface area contributed by atoms with Gasteiger partial charge in [-0.25, -0.2) is 19.8 Å². The van der Waals surface area contributed by atoms with E-state index >= 15 is 0 Å². The quantitative estimate of drug-likeness (QED) is 0.533. The van der Waals surface area contributed by atoms with Crippen molar-refractivity contribution in [2.24, 2.45) is 0 Å². The maximum atomic E-state index is 13.0. The van der Waals surface area contributed by atoms with Crippen molar-refractivity contribution in [3.05, 3.63) is 63.1 Å². The van der Waals surface area contributed by atoms with E-state index in [9.17, 15) is 14.4 Å². The number of nitrogens with one attached hydrogen (secondary N) is 1. The van der Waals surface area contributed by atoms with Gasteiger partial charge in [-0.2, -0.15) is 0 Å². The molecule has 28 heavy (non-hydrogen) atoms. The molecule has 0 spiro atoms. The molecule has 1 aromatic carbocycles. The standard InChI is InChI=1S/C18H21N5O5/c1-27-9-8-21-12-19-16-15(21)17(25)23(11-14(24)20-28-2)18(26)22(16)10-13-6-4-3-5-7-13/h3-7,12H,8-11H2,1-2H3,(H,20,24). The summed E-state index contributed by atoms with van der Waals surface area (Å²) < 4.78 is 8.96. The van der Waals surface area contributed by atoms with Crippen LogP contribution in [0.1, 0.15) is 5.56 Å². The topological polar surface area (TPSA) is 109 Å². The SMILES string of the molecule is COCCn1cnc2c1c(=O)n(CC(=O)NOC)c(=O)n2Cc1ccccc1. The van der Waals surface area contributed by atoms with Gasteiger partial charge >= 0.3 is 5.69 Å². The molecule has 10 heteroatoms. The number of benzene rings is 1. The van der Waals surface area contributed by atoms with E-state index in [1.807, 2.05) is 30.3 Å². The fourth-order valence-corrected chi connectivity index (χ4v) is 2.94. The van der Waals surface area contributed by atoms with Gasteiger partial charge in [0.25, 0.3) is 11.5 Å². The third-order valence-electron chi connectivity index (χ3n) is 4.22. The Hall–Kier alpha value is -3.24. The molecule has 3 aromatic rings. The predicted molar refractivity (Wildman–Crippen MR) is 101 cm³/mol. The van der Waals surface area contributed by atoms with Gasteiger partial charge in [0.2, 0.25) is 0 Å². The Kier molecular flexibility index (Phi) is 6.02. The van der Waals surface area contributed by atoms with E-state index in [0.717, 1.165) is 10.1 Å². The molecule has 3 rings (SSSR count). The summed E-state index contributed by atoms with van der Waals surface area (Å²) in [4.78, 5) is 46.8. The maximum Gasteiger partial charge on any atom is 0.333 e. The van der Waals surface area contributed by atoms with Gasteiger partial charge in [-0.05, 0) is 5.56 Å². The number of aromatic nitrogens is 4. The summed E-state index contributed by atoms with van der Waals surface area (Å²) in [5.41, 5.74) is 2.27. The number of carbonyl (C=O) groups is 1. The van der Waals surface area contributed by atoms with Crippen LogP contribution in [-0.2, 0) is 34.0 Å². The molecule has 0 radical (unpaired) electrons. The lowest BCUT2D eigenvalue weighted by Gasteiger charge is -2.12. The van der Waals surface area contributed by atoms with Crippen molar-refractivity contribution in [1.82, 2.24) is 24.2 Å². The molecule has 10 nitrogen and oxygen atoms in total. The van der Waals surface area contributed by atoms with Crippen LogP contribution in [0.3, 0.4) is 0 Å². The van der Waals surface area contributed by atoms with E-state index in [0.29, 0.717) is 13.2 Å². The third-order valence-corrected chi connectivity index (χ3v) is 4.22. The van der Waals surface area contributed by atoms with Gasteiger partial charge in [-0.15, -0.1) is 0 Å². The first-order valence-electron chi connectivity index (χ1n) is 8.60. The fraction of sp³-hybridized carbons (Fsp3) is 0.333. The second-order valence-corrected chi connectivity index (χ2v) is 6.08. The number of fused-ring (bicyclic) bond motifs is 1. The largest absolute Gasteiger partial charge is 0.383 e. The smallest absolute Gasteiger partial charge is 0.333 e. The molecular weight excluding hydrogens is 366 g/mol. The van der Waals surface area contributed by atoms with Crippen LogP contribution in [0.15, 0.2) is 46.2 Å². The Bertz CT molecular complexity index is 1080. The Morgan fingerprint density at radius 1 is 1.14 bits per heavy atom. The number of methoxy groups -OCH3 is 1. The molecule has 0 fully saturated rings. The Morgan fingerprint density at radius 2 is 1.89 bits per heavy atom. The van der Waals surface area contributed by atoms with Crippen LogP contribution in [0, 0.1) is 0 Å². The van der Waals surface area contributed by atoms with Crippen molar-refractivity contribution in [1.29, 1.82) is 0 Å². The van der Waals surface area contributed by atoms with Gasteiger partial charge in [-0.1, -0.05) is 30.3 Å². The highest BCUT2D eigenvalue weighted by Crippen LogP contribution is 2.09. The lowest BCUT2D eigenvalue weighted by atomic mass is 10.2. The average Bonchev–Trinajstić information content (AvgIpc) is 3.12. The van der Waals surface area contributed by atoms with E-state index in [4.69, 9.17) is 4.74 Å². The van der Waals surface area contributed by atoms with Gasteiger partial charge in [0.05, 0.1) is 26.6 Å². The monoisotopic (exact) mass is 387 g/mol. The highest BCUT2D eigenvalue weighted by atomic mass is 16.6. The fourth-order valence-electron chi connectivity index (χ4n) is 2.94. The zero-order valence-corrected chi connectivity index (χ0v) is 15.6. The van der Waals surface area contributed by atoms with Crippen LogP contribution in [-0.4, -0.2) is 45.4 Å². The molecule has 2 aromatic heterocycles. The number of rotatable bonds is 8. The second-order valence-electron chi connectivity index (χ2n) is 6.08. The van der Waals surface area contributed by atoms with Gasteiger partial charge in [0.15, 0.2) is 11.2 Å². The first-order chi connectivity index (χ1) is 13.6. The number of amides is 1. The van der Waals surface area contributed by atoms with Crippen LogP contribution in [0.5, 0.6) is 0 Å². The number of nitrogens with zero attached hydrogens (tertiary/aromatic N) is 4. The summed E-state index contributed by atoms with van der Waals surface area (Å²) in [6, 6.07) is 9.32. The van der Waals surface area contributed by atoms with Crippen molar-refractivity contribution in [2.45, 2.75) is 19.6 Å². The third kappa shape index (κ3) is 3.87. The van der Waals surface area contributed by atoms with E-state index < -0.39 is 23.7 Å². The van der Waals surface area contributed by atoms with Crippen LogP contribution in [0.25, 0.3) is 11.2 Å². The zero-order chi connectivity index (χ0) is 20.1. The molecular formula is C18H21N5O5. The summed E-state index contributed by atoms with van der Waals surface area (Å²) in [7, 11) is 2.83. The maximum absolute atomic E-state index is 13.0. The molecule has 0 aliphatic rings. The Balaban J connectivity index is 2.19. The summed E-state index contributed by atoms with van der Waals surface area (Å²) in [6.45, 7) is 0.498. The van der Waals surface area contributed by atoms with E-state index in [1.165, 1.54) is 18.0 Å². The lowest BCUT2D eigenvalue weighted by Crippen LogP contribution is -2.44. The number of hydroxylamine groups is 1. The van der Waals surface area contributed by atoms with E-state index in [1.54, 1.807) is 11.7 Å². The van der Waals surface area contributed by atoms with Crippen LogP contribution < -0.4 is 16.7 Å². The molecule has 2 heterocycles. The molecule has 0 aliphatic carbocycles. The molecule has 1 N–H and O–H groups in total. The number of carbonyl (C=O) groups excluding carboxylic acids is 1. The molecule has 0 bridgehead atoms. The lowest BCUT2D eigenvalue weighted by molar-refractivity contribution is -0.132. The van der Waals surface area contributed by atoms with Crippen molar-refractivity contribution >= 4 is 17.1 Å². The minimum atomic E-state index is -0.621. The number of hydrogen-bond donors (Lipinski definition) is 1. The molecule has 0 saturated heterocycles. The number of imidazole rings is 1. The molecule has 0 saturated carbocycles. The van der Waals surface area contributed by atoms with Crippen molar-refractivity contribution in [3.63, 3.8) is 0 Å². The molecule has 148 valence electrons. The van der Waals surface area contributed by atoms with Gasteiger partial charge in [-0.3, -0.25) is 19.0 Å². The summed E-state index contributed by atoms with van der Waals surface area (Å²) in [6.07, 6.45) is 1.49. The Morgan fingerprint density at radius 3 is 2.57 bits per heavy atom. The van der Waals surface area contributed by atoms with Gasteiger partial charge < -0.3 is 9.30 Å². The summed E-state index contributed by atoms with van der Waals surface area (Å²) in [5, 5.41) is 0. The highest BCUT2D eigenvalue weighted by Gasteiger charge is 2.19. The van der Waals surface area contributed by atoms with Crippen molar-refractivity contribution in [2.75, 3.05) is 20.8 Å². The van der Waals surface area contributed by atoms with Crippen LogP contribution in [0.2, 0.25) is 0 Å². The first kappa shape index (κ1) is 19.5. The van der Waals surface area contributed by atoms with Crippen molar-refractivity contribution < 1.29 is 14.4 Å². The van der Waals surface area contributed by atoms with Crippen LogP contribution in [0.4, 0.5) is 0 Å². The highest BCUT2D eigenvalue weighted by molar-refractivity contribution is 5.75. The normalized spacial score (nSPS) is 11.1. The Labute approximate surface area is 159 Å². The molecule has 1 amide bonds. The minimum Gasteiger partial charge on any atom is -0.383 e. The minimum absolute atomic E-state index is 0.212. The summed E-state index contributed by atoms with van der Waals surface area (Å²) >= 11 is 0. The van der Waals surface area contributed by atoms with Crippen molar-refractivity contribution in [3.8, 4) is 0 Å². The predicted octanol–water partition coefficient (Wildman–Crippen LogP) is -0.268. The zero-order valence-electron chi connectivity index (χ0n) is 15.6. The summed E-state index contributed by atoms with van der Waals surface area (Å²) in [5.74, 6) is -0.615. The first-order valence-corrected chi connectivity index (χ1v) is 8.60. The molecule has 0 aliphatic heterocycles. The van der Waals surface area contributed by atoms with E-state index in [-0.39, 0.29) is 17.7 Å². The number of hydrogen-bond acceptors (Lipinski definition) is 6. The average molecular weight is 387 g/mol. The number of ether oxygens (including phenoxy) is 1. The van der Waals surface area contributed by atoms with Gasteiger partial charge in [0, 0.05) is 13.7 Å². The van der Waals surface area contributed by atoms with Crippen LogP contribution >= 0.6 is 0 Å². The van der Waals surface area contributed by atoms with E-state index in [2.05, 4.69) is 15.3 Å². The molecule has 0 unspecified atom stereocenters. The molecule has 0 atom stereocenters. The second kappa shape index (κ2) is 8.63. The van der Waals surface area contributed by atoms with Gasteiger partial charge in [0.1, 0.15) is 6.54 Å².